The quantitative estimate of drug-likeness (QED) is 0.266. The first kappa shape index (κ1) is 23.8. The molecule has 0 bridgehead atoms. The van der Waals surface area contributed by atoms with Gasteiger partial charge in [0.1, 0.15) is 5.44 Å². The number of hydrogen-bond donors (Lipinski definition) is 2. The van der Waals surface area contributed by atoms with Crippen molar-refractivity contribution in [3.8, 4) is 0 Å². The van der Waals surface area contributed by atoms with E-state index in [1.807, 2.05) is 37.3 Å². The van der Waals surface area contributed by atoms with Crippen molar-refractivity contribution in [3.05, 3.63) is 81.8 Å². The topological polar surface area (TPSA) is 103 Å². The van der Waals surface area contributed by atoms with Crippen LogP contribution in [0.2, 0.25) is 0 Å². The van der Waals surface area contributed by atoms with Crippen molar-refractivity contribution in [2.24, 2.45) is 0 Å². The number of anilines is 1. The van der Waals surface area contributed by atoms with Crippen LogP contribution in [0.4, 0.5) is 11.4 Å². The van der Waals surface area contributed by atoms with E-state index in [1.54, 1.807) is 32.1 Å². The second-order valence-corrected chi connectivity index (χ2v) is 8.46. The van der Waals surface area contributed by atoms with Gasteiger partial charge in [0.25, 0.3) is 5.69 Å². The van der Waals surface area contributed by atoms with Crippen LogP contribution in [0.15, 0.2) is 66.1 Å². The molecule has 0 aromatic heterocycles. The Morgan fingerprint density at radius 2 is 1.70 bits per heavy atom. The molecule has 0 heterocycles. The van der Waals surface area contributed by atoms with Crippen LogP contribution in [0.3, 0.4) is 0 Å². The molecule has 0 saturated heterocycles. The summed E-state index contributed by atoms with van der Waals surface area (Å²) in [6, 6.07) is 15.6. The van der Waals surface area contributed by atoms with Crippen LogP contribution in [0.1, 0.15) is 26.3 Å². The van der Waals surface area contributed by atoms with Gasteiger partial charge in [-0.3, -0.25) is 14.7 Å². The Morgan fingerprint density at radius 1 is 1.10 bits per heavy atom. The molecule has 0 amide bonds. The summed E-state index contributed by atoms with van der Waals surface area (Å²) in [5, 5.41) is 17.3. The first-order valence-electron chi connectivity index (χ1n) is 9.78. The van der Waals surface area contributed by atoms with E-state index in [0.717, 1.165) is 5.56 Å². The lowest BCUT2D eigenvalue weighted by Gasteiger charge is -2.23. The van der Waals surface area contributed by atoms with E-state index < -0.39 is 12.5 Å². The Morgan fingerprint density at radius 3 is 2.23 bits per heavy atom. The summed E-state index contributed by atoms with van der Waals surface area (Å²) in [4.78, 5) is 10.4. The maximum absolute atomic E-state index is 13.4. The Balaban J connectivity index is 2.25. The predicted molar refractivity (Wildman–Crippen MR) is 118 cm³/mol. The van der Waals surface area contributed by atoms with Crippen LogP contribution < -0.4 is 10.6 Å². The van der Waals surface area contributed by atoms with E-state index in [2.05, 4.69) is 10.6 Å². The SMILES string of the molecule is CCOP(=O)(OCC)/C(=C/C(C)NCc1ccccc1)Nc1ccc([N+](=O)[O-])cc1. The first-order chi connectivity index (χ1) is 14.4. The fraction of sp³-hybridized carbons (Fsp3) is 0.333. The molecule has 0 saturated carbocycles. The minimum Gasteiger partial charge on any atom is -0.349 e. The third kappa shape index (κ3) is 7.07. The third-order valence-electron chi connectivity index (χ3n) is 4.12. The molecule has 0 aliphatic heterocycles. The molecule has 1 atom stereocenters. The van der Waals surface area contributed by atoms with Crippen molar-refractivity contribution in [2.45, 2.75) is 33.4 Å². The Bertz CT molecular complexity index is 877. The molecule has 0 spiro atoms. The maximum Gasteiger partial charge on any atom is 0.377 e. The fourth-order valence-corrected chi connectivity index (χ4v) is 4.41. The summed E-state index contributed by atoms with van der Waals surface area (Å²) < 4.78 is 24.4. The highest BCUT2D eigenvalue weighted by molar-refractivity contribution is 7.58. The van der Waals surface area contributed by atoms with Gasteiger partial charge in [0.05, 0.1) is 18.1 Å². The van der Waals surface area contributed by atoms with Crippen LogP contribution in [-0.4, -0.2) is 24.2 Å². The zero-order valence-corrected chi connectivity index (χ0v) is 18.3. The van der Waals surface area contributed by atoms with E-state index in [1.165, 1.54) is 12.1 Å². The van der Waals surface area contributed by atoms with E-state index in [9.17, 15) is 14.7 Å². The molecule has 162 valence electrons. The van der Waals surface area contributed by atoms with Gasteiger partial charge in [0, 0.05) is 30.4 Å². The molecular weight excluding hydrogens is 405 g/mol. The van der Waals surface area contributed by atoms with Crippen LogP contribution in [0, 0.1) is 10.1 Å². The van der Waals surface area contributed by atoms with E-state index in [0.29, 0.717) is 12.2 Å². The zero-order valence-electron chi connectivity index (χ0n) is 17.4. The van der Waals surface area contributed by atoms with E-state index in [4.69, 9.17) is 9.05 Å². The minimum atomic E-state index is -3.60. The summed E-state index contributed by atoms with van der Waals surface area (Å²) in [6.07, 6.45) is 1.76. The predicted octanol–water partition coefficient (Wildman–Crippen LogP) is 5.29. The number of rotatable bonds is 12. The molecule has 8 nitrogen and oxygen atoms in total. The average molecular weight is 433 g/mol. The average Bonchev–Trinajstić information content (AvgIpc) is 2.73. The normalized spacial score (nSPS) is 13.1. The number of hydrogen-bond acceptors (Lipinski definition) is 7. The summed E-state index contributed by atoms with van der Waals surface area (Å²) >= 11 is 0. The van der Waals surface area contributed by atoms with Gasteiger partial charge in [-0.1, -0.05) is 30.3 Å². The molecule has 0 aliphatic carbocycles. The number of non-ortho nitro benzene ring substituents is 1. The summed E-state index contributed by atoms with van der Waals surface area (Å²) in [7, 11) is -3.60. The molecule has 9 heteroatoms. The van der Waals surface area contributed by atoms with Gasteiger partial charge >= 0.3 is 7.60 Å². The van der Waals surface area contributed by atoms with Crippen LogP contribution >= 0.6 is 7.60 Å². The smallest absolute Gasteiger partial charge is 0.349 e. The van der Waals surface area contributed by atoms with E-state index in [-0.39, 0.29) is 30.4 Å². The number of nitro benzene ring substituents is 1. The Labute approximate surface area is 177 Å². The van der Waals surface area contributed by atoms with Gasteiger partial charge in [-0.2, -0.15) is 0 Å². The molecule has 2 aromatic carbocycles. The van der Waals surface area contributed by atoms with Crippen LogP contribution in [0.25, 0.3) is 0 Å². The monoisotopic (exact) mass is 433 g/mol. The Kier molecular flexibility index (Phi) is 9.20. The largest absolute Gasteiger partial charge is 0.377 e. The standard InChI is InChI=1S/C21H28N3O5P/c1-4-28-30(27,29-5-2)21(23-19-11-13-20(14-12-19)24(25)26)15-17(3)22-16-18-9-7-6-8-10-18/h6-15,17,22-23H,4-5,16H2,1-3H3/b21-15+. The van der Waals surface area contributed by atoms with Crippen LogP contribution in [-0.2, 0) is 20.2 Å². The lowest BCUT2D eigenvalue weighted by atomic mass is 10.2. The molecule has 0 aliphatic rings. The van der Waals surface area contributed by atoms with Crippen molar-refractivity contribution in [1.29, 1.82) is 0 Å². The van der Waals surface area contributed by atoms with Gasteiger partial charge < -0.3 is 19.7 Å². The zero-order chi connectivity index (χ0) is 22.0. The van der Waals surface area contributed by atoms with Crippen molar-refractivity contribution in [3.63, 3.8) is 0 Å². The first-order valence-corrected chi connectivity index (χ1v) is 11.3. The highest BCUT2D eigenvalue weighted by Crippen LogP contribution is 2.56. The number of benzene rings is 2. The highest BCUT2D eigenvalue weighted by atomic mass is 31.2. The molecule has 0 radical (unpaired) electrons. The lowest BCUT2D eigenvalue weighted by Crippen LogP contribution is -2.24. The van der Waals surface area contributed by atoms with Crippen molar-refractivity contribution < 1.29 is 18.5 Å². The fourth-order valence-electron chi connectivity index (χ4n) is 2.70. The third-order valence-corrected chi connectivity index (χ3v) is 6.17. The van der Waals surface area contributed by atoms with E-state index >= 15 is 0 Å². The minimum absolute atomic E-state index is 0.0261. The molecule has 2 rings (SSSR count). The molecule has 1 unspecified atom stereocenters. The summed E-state index contributed by atoms with van der Waals surface area (Å²) in [5.74, 6) is 0. The summed E-state index contributed by atoms with van der Waals surface area (Å²) in [6.45, 7) is 6.48. The second kappa shape index (κ2) is 11.6. The van der Waals surface area contributed by atoms with Crippen LogP contribution in [0.5, 0.6) is 0 Å². The molecule has 2 aromatic rings. The molecule has 30 heavy (non-hydrogen) atoms. The number of nitrogens with one attached hydrogen (secondary N) is 2. The van der Waals surface area contributed by atoms with Crippen molar-refractivity contribution in [1.82, 2.24) is 5.32 Å². The second-order valence-electron chi connectivity index (χ2n) is 6.47. The molecule has 0 fully saturated rings. The van der Waals surface area contributed by atoms with Crippen molar-refractivity contribution in [2.75, 3.05) is 18.5 Å². The van der Waals surface area contributed by atoms with Gasteiger partial charge in [-0.05, 0) is 44.5 Å². The van der Waals surface area contributed by atoms with Gasteiger partial charge in [0.15, 0.2) is 0 Å². The van der Waals surface area contributed by atoms with Crippen molar-refractivity contribution >= 4 is 19.0 Å². The molecular formula is C21H28N3O5P. The lowest BCUT2D eigenvalue weighted by molar-refractivity contribution is -0.384. The maximum atomic E-state index is 13.4. The number of nitrogens with zero attached hydrogens (tertiary/aromatic N) is 1. The summed E-state index contributed by atoms with van der Waals surface area (Å²) in [5.41, 5.74) is 1.93. The van der Waals surface area contributed by atoms with Gasteiger partial charge in [-0.15, -0.1) is 0 Å². The Hall–Kier alpha value is -2.51. The van der Waals surface area contributed by atoms with Gasteiger partial charge in [0.2, 0.25) is 0 Å². The molecule has 2 N–H and O–H groups in total. The highest BCUT2D eigenvalue weighted by Gasteiger charge is 2.30. The number of nitro groups is 1. The van der Waals surface area contributed by atoms with Gasteiger partial charge in [-0.25, -0.2) is 0 Å².